The summed E-state index contributed by atoms with van der Waals surface area (Å²) >= 11 is 0. The van der Waals surface area contributed by atoms with Crippen LogP contribution >= 0.6 is 0 Å². The van der Waals surface area contributed by atoms with E-state index in [0.717, 1.165) is 28.1 Å². The summed E-state index contributed by atoms with van der Waals surface area (Å²) in [6, 6.07) is 25.2. The van der Waals surface area contributed by atoms with Crippen molar-refractivity contribution in [2.24, 2.45) is 5.92 Å². The Balaban J connectivity index is 1.68. The molecule has 1 aliphatic carbocycles. The van der Waals surface area contributed by atoms with Crippen molar-refractivity contribution in [3.05, 3.63) is 101 Å². The average molecular weight is 424 g/mol. The maximum Gasteiger partial charge on any atom is 0.328 e. The molecule has 1 fully saturated rings. The number of hydrazine groups is 2. The van der Waals surface area contributed by atoms with Crippen LogP contribution in [0, 0.1) is 5.92 Å². The Kier molecular flexibility index (Phi) is 5.48. The summed E-state index contributed by atoms with van der Waals surface area (Å²) in [6.45, 7) is 0. The highest BCUT2D eigenvalue weighted by Gasteiger charge is 2.27. The van der Waals surface area contributed by atoms with E-state index in [-0.39, 0.29) is 0 Å². The molecule has 3 aromatic carbocycles. The summed E-state index contributed by atoms with van der Waals surface area (Å²) in [6.07, 6.45) is 6.43. The van der Waals surface area contributed by atoms with Gasteiger partial charge < -0.3 is 16.0 Å². The Labute approximate surface area is 187 Å². The molecule has 2 aliphatic rings. The van der Waals surface area contributed by atoms with Crippen LogP contribution in [0.5, 0.6) is 0 Å². The SMILES string of the molecule is O=C(O)/C=C/c1ccc(/C(=C(\c2ccccc2)C2CCC2)c2ccc3c(c2)NNN3)cc1. The van der Waals surface area contributed by atoms with Gasteiger partial charge in [-0.15, -0.1) is 5.53 Å². The van der Waals surface area contributed by atoms with Crippen LogP contribution in [-0.2, 0) is 4.79 Å². The molecule has 160 valence electrons. The molecule has 4 N–H and O–H groups in total. The Morgan fingerprint density at radius 3 is 2.25 bits per heavy atom. The third kappa shape index (κ3) is 4.03. The zero-order chi connectivity index (χ0) is 21.9. The smallest absolute Gasteiger partial charge is 0.328 e. The Morgan fingerprint density at radius 2 is 1.56 bits per heavy atom. The minimum Gasteiger partial charge on any atom is -0.478 e. The molecule has 5 nitrogen and oxygen atoms in total. The van der Waals surface area contributed by atoms with Gasteiger partial charge in [0.05, 0.1) is 11.4 Å². The molecular weight excluding hydrogens is 398 g/mol. The summed E-state index contributed by atoms with van der Waals surface area (Å²) in [4.78, 5) is 10.9. The normalized spacial score (nSPS) is 16.0. The first kappa shape index (κ1) is 20.1. The monoisotopic (exact) mass is 423 g/mol. The van der Waals surface area contributed by atoms with Gasteiger partial charge in [0, 0.05) is 6.08 Å². The minimum atomic E-state index is -0.945. The first-order valence-corrected chi connectivity index (χ1v) is 10.9. The van der Waals surface area contributed by atoms with Crippen molar-refractivity contribution >= 4 is 34.6 Å². The third-order valence-electron chi connectivity index (χ3n) is 6.19. The number of carbonyl (C=O) groups is 1. The fourth-order valence-corrected chi connectivity index (χ4v) is 4.38. The second-order valence-corrected chi connectivity index (χ2v) is 8.21. The number of carboxylic acid groups (broad SMARTS) is 1. The second kappa shape index (κ2) is 8.73. The zero-order valence-corrected chi connectivity index (χ0v) is 17.6. The summed E-state index contributed by atoms with van der Waals surface area (Å²) < 4.78 is 0. The highest BCUT2D eigenvalue weighted by Crippen LogP contribution is 2.45. The van der Waals surface area contributed by atoms with Gasteiger partial charge >= 0.3 is 5.97 Å². The molecule has 0 saturated heterocycles. The number of carboxylic acids is 1. The lowest BCUT2D eigenvalue weighted by Crippen LogP contribution is -2.19. The quantitative estimate of drug-likeness (QED) is 0.298. The molecule has 0 bridgehead atoms. The lowest BCUT2D eigenvalue weighted by Gasteiger charge is -2.31. The van der Waals surface area contributed by atoms with Gasteiger partial charge in [0.25, 0.3) is 0 Å². The predicted octanol–water partition coefficient (Wildman–Crippen LogP) is 5.80. The van der Waals surface area contributed by atoms with Crippen molar-refractivity contribution in [1.82, 2.24) is 5.53 Å². The predicted molar refractivity (Wildman–Crippen MR) is 130 cm³/mol. The van der Waals surface area contributed by atoms with Crippen molar-refractivity contribution in [3.63, 3.8) is 0 Å². The van der Waals surface area contributed by atoms with Gasteiger partial charge in [0.2, 0.25) is 0 Å². The standard InChI is InChI=1S/C27H25N3O2/c31-25(32)16-11-18-9-12-21(13-10-18)27(22-14-15-23-24(17-22)29-30-28-23)26(20-7-4-8-20)19-5-2-1-3-6-19/h1-3,5-6,9-17,20,28-30H,4,7-8H2,(H,31,32)/b16-11+,27-26-. The van der Waals surface area contributed by atoms with Gasteiger partial charge in [-0.3, -0.25) is 0 Å². The molecule has 5 rings (SSSR count). The second-order valence-electron chi connectivity index (χ2n) is 8.21. The van der Waals surface area contributed by atoms with E-state index >= 15 is 0 Å². The van der Waals surface area contributed by atoms with Crippen molar-refractivity contribution in [3.8, 4) is 0 Å². The van der Waals surface area contributed by atoms with E-state index in [1.807, 2.05) is 12.1 Å². The molecule has 0 radical (unpaired) electrons. The Hall–Kier alpha value is -3.83. The van der Waals surface area contributed by atoms with E-state index in [1.54, 1.807) is 6.08 Å². The van der Waals surface area contributed by atoms with Crippen LogP contribution in [0.3, 0.4) is 0 Å². The summed E-state index contributed by atoms with van der Waals surface area (Å²) in [5, 5.41) is 8.93. The number of hydrogen-bond donors (Lipinski definition) is 4. The number of nitrogens with one attached hydrogen (secondary N) is 3. The number of hydrogen-bond acceptors (Lipinski definition) is 4. The van der Waals surface area contributed by atoms with Gasteiger partial charge in [-0.25, -0.2) is 4.79 Å². The Bertz CT molecular complexity index is 1190. The average Bonchev–Trinajstić information content (AvgIpc) is 3.25. The molecular formula is C27H25N3O2. The lowest BCUT2D eigenvalue weighted by atomic mass is 9.73. The number of fused-ring (bicyclic) bond motifs is 1. The maximum absolute atomic E-state index is 10.9. The number of benzene rings is 3. The number of rotatable bonds is 6. The van der Waals surface area contributed by atoms with Crippen molar-refractivity contribution in [2.45, 2.75) is 19.3 Å². The first-order valence-electron chi connectivity index (χ1n) is 10.9. The van der Waals surface area contributed by atoms with Crippen LogP contribution in [0.1, 0.15) is 41.5 Å². The molecule has 3 aromatic rings. The van der Waals surface area contributed by atoms with Gasteiger partial charge in [-0.05, 0) is 70.4 Å². The molecule has 0 unspecified atom stereocenters. The largest absolute Gasteiger partial charge is 0.478 e. The molecule has 0 amide bonds. The first-order chi connectivity index (χ1) is 15.7. The van der Waals surface area contributed by atoms with E-state index < -0.39 is 5.97 Å². The van der Waals surface area contributed by atoms with E-state index in [4.69, 9.17) is 5.11 Å². The topological polar surface area (TPSA) is 73.4 Å². The number of allylic oxidation sites excluding steroid dienone is 1. The zero-order valence-electron chi connectivity index (χ0n) is 17.6. The number of anilines is 2. The molecule has 0 aromatic heterocycles. The molecule has 1 aliphatic heterocycles. The number of aliphatic carboxylic acids is 1. The fourth-order valence-electron chi connectivity index (χ4n) is 4.38. The Morgan fingerprint density at radius 1 is 0.844 bits per heavy atom. The maximum atomic E-state index is 10.9. The highest BCUT2D eigenvalue weighted by molar-refractivity contribution is 6.00. The van der Waals surface area contributed by atoms with E-state index in [9.17, 15) is 4.79 Å². The molecule has 1 heterocycles. The van der Waals surface area contributed by atoms with Crippen LogP contribution < -0.4 is 16.4 Å². The van der Waals surface area contributed by atoms with Gasteiger partial charge in [-0.2, -0.15) is 0 Å². The van der Waals surface area contributed by atoms with Crippen LogP contribution in [-0.4, -0.2) is 11.1 Å². The third-order valence-corrected chi connectivity index (χ3v) is 6.19. The van der Waals surface area contributed by atoms with Crippen LogP contribution in [0.4, 0.5) is 11.4 Å². The summed E-state index contributed by atoms with van der Waals surface area (Å²) in [5.74, 6) is -0.421. The lowest BCUT2D eigenvalue weighted by molar-refractivity contribution is -0.131. The van der Waals surface area contributed by atoms with Crippen LogP contribution in [0.25, 0.3) is 17.2 Å². The van der Waals surface area contributed by atoms with Crippen molar-refractivity contribution in [2.75, 3.05) is 10.9 Å². The van der Waals surface area contributed by atoms with Crippen molar-refractivity contribution < 1.29 is 9.90 Å². The van der Waals surface area contributed by atoms with Gasteiger partial charge in [0.1, 0.15) is 0 Å². The molecule has 1 saturated carbocycles. The molecule has 0 atom stereocenters. The fraction of sp³-hybridized carbons (Fsp3) is 0.148. The van der Waals surface area contributed by atoms with Crippen LogP contribution in [0.2, 0.25) is 0 Å². The van der Waals surface area contributed by atoms with E-state index in [0.29, 0.717) is 5.92 Å². The van der Waals surface area contributed by atoms with Gasteiger partial charge in [-0.1, -0.05) is 67.1 Å². The molecule has 5 heteroatoms. The summed E-state index contributed by atoms with van der Waals surface area (Å²) in [7, 11) is 0. The van der Waals surface area contributed by atoms with E-state index in [2.05, 4.69) is 77.1 Å². The van der Waals surface area contributed by atoms with E-state index in [1.165, 1.54) is 42.0 Å². The van der Waals surface area contributed by atoms with Gasteiger partial charge in [0.15, 0.2) is 0 Å². The minimum absolute atomic E-state index is 0.524. The summed E-state index contributed by atoms with van der Waals surface area (Å²) in [5.41, 5.74) is 18.3. The van der Waals surface area contributed by atoms with Crippen LogP contribution in [0.15, 0.2) is 78.9 Å². The van der Waals surface area contributed by atoms with Crippen molar-refractivity contribution in [1.29, 1.82) is 0 Å². The molecule has 0 spiro atoms. The highest BCUT2D eigenvalue weighted by atomic mass is 16.4. The molecule has 32 heavy (non-hydrogen) atoms.